The second-order valence-corrected chi connectivity index (χ2v) is 8.42. The minimum atomic E-state index is -0.169. The van der Waals surface area contributed by atoms with Gasteiger partial charge in [0.2, 0.25) is 5.91 Å². The van der Waals surface area contributed by atoms with E-state index in [-0.39, 0.29) is 23.9 Å². The third kappa shape index (κ3) is 4.51. The minimum Gasteiger partial charge on any atom is -0.360 e. The number of hydrogen-bond donors (Lipinski definition) is 2. The third-order valence-electron chi connectivity index (χ3n) is 6.19. The predicted molar refractivity (Wildman–Crippen MR) is 100 cm³/mol. The fraction of sp³-hybridized carbons (Fsp3) is 0.750. The standard InChI is InChI=1S/C20H30N4O3/c1-13-10-16(22-20(26)17-12-18(27-23-17)15-2-3-15)6-9-24(13)19(25)11-14-4-7-21-8-5-14/h12-16,21H,2-11H2,1H3,(H,22,26)/t13-,16-/m0/s1. The van der Waals surface area contributed by atoms with Crippen molar-refractivity contribution in [2.45, 2.75) is 69.9 Å². The molecule has 3 fully saturated rings. The molecule has 1 aromatic heterocycles. The summed E-state index contributed by atoms with van der Waals surface area (Å²) < 4.78 is 5.27. The molecular formula is C20H30N4O3. The molecule has 1 saturated carbocycles. The van der Waals surface area contributed by atoms with E-state index < -0.39 is 0 Å². The van der Waals surface area contributed by atoms with Gasteiger partial charge in [0.15, 0.2) is 5.69 Å². The van der Waals surface area contributed by atoms with Crippen LogP contribution < -0.4 is 10.6 Å². The van der Waals surface area contributed by atoms with Crippen LogP contribution in [0.15, 0.2) is 10.6 Å². The summed E-state index contributed by atoms with van der Waals surface area (Å²) in [6, 6.07) is 2.00. The van der Waals surface area contributed by atoms with Gasteiger partial charge >= 0.3 is 0 Å². The lowest BCUT2D eigenvalue weighted by Gasteiger charge is -2.38. The maximum Gasteiger partial charge on any atom is 0.273 e. The predicted octanol–water partition coefficient (Wildman–Crippen LogP) is 2.05. The summed E-state index contributed by atoms with van der Waals surface area (Å²) in [5.74, 6) is 1.89. The van der Waals surface area contributed by atoms with Crippen molar-refractivity contribution in [3.8, 4) is 0 Å². The number of piperidine rings is 2. The smallest absolute Gasteiger partial charge is 0.273 e. The molecule has 148 valence electrons. The summed E-state index contributed by atoms with van der Waals surface area (Å²) >= 11 is 0. The fourth-order valence-electron chi connectivity index (χ4n) is 4.34. The Morgan fingerprint density at radius 3 is 2.74 bits per heavy atom. The van der Waals surface area contributed by atoms with Gasteiger partial charge in [0.05, 0.1) is 0 Å². The van der Waals surface area contributed by atoms with Crippen LogP contribution in [0.25, 0.3) is 0 Å². The topological polar surface area (TPSA) is 87.5 Å². The highest BCUT2D eigenvalue weighted by Crippen LogP contribution is 2.40. The van der Waals surface area contributed by atoms with Gasteiger partial charge in [-0.1, -0.05) is 5.16 Å². The Kier molecular flexibility index (Phi) is 5.48. The molecule has 4 rings (SSSR count). The summed E-state index contributed by atoms with van der Waals surface area (Å²) in [5.41, 5.74) is 0.369. The molecule has 27 heavy (non-hydrogen) atoms. The van der Waals surface area contributed by atoms with Crippen molar-refractivity contribution in [1.82, 2.24) is 20.7 Å². The van der Waals surface area contributed by atoms with Crippen LogP contribution in [-0.2, 0) is 4.79 Å². The number of nitrogens with zero attached hydrogens (tertiary/aromatic N) is 2. The van der Waals surface area contributed by atoms with Crippen molar-refractivity contribution in [2.75, 3.05) is 19.6 Å². The van der Waals surface area contributed by atoms with Crippen molar-refractivity contribution >= 4 is 11.8 Å². The van der Waals surface area contributed by atoms with Gasteiger partial charge in [-0.2, -0.15) is 0 Å². The van der Waals surface area contributed by atoms with Gasteiger partial charge < -0.3 is 20.1 Å². The van der Waals surface area contributed by atoms with Gasteiger partial charge in [-0.25, -0.2) is 0 Å². The largest absolute Gasteiger partial charge is 0.360 e. The van der Waals surface area contributed by atoms with Crippen molar-refractivity contribution in [3.63, 3.8) is 0 Å². The number of likely N-dealkylation sites (tertiary alicyclic amines) is 1. The number of aromatic nitrogens is 1. The Hall–Kier alpha value is -1.89. The average Bonchev–Trinajstić information content (AvgIpc) is 3.39. The molecule has 2 N–H and O–H groups in total. The number of amides is 2. The van der Waals surface area contributed by atoms with Crippen LogP contribution in [0.5, 0.6) is 0 Å². The van der Waals surface area contributed by atoms with Gasteiger partial charge in [-0.05, 0) is 64.5 Å². The number of hydrogen-bond acceptors (Lipinski definition) is 5. The highest BCUT2D eigenvalue weighted by Gasteiger charge is 2.32. The first-order valence-corrected chi connectivity index (χ1v) is 10.4. The number of rotatable bonds is 5. The lowest BCUT2D eigenvalue weighted by Crippen LogP contribution is -2.51. The molecule has 0 spiro atoms. The monoisotopic (exact) mass is 374 g/mol. The molecule has 2 saturated heterocycles. The van der Waals surface area contributed by atoms with Gasteiger partial charge in [-0.15, -0.1) is 0 Å². The van der Waals surface area contributed by atoms with Crippen LogP contribution in [0.4, 0.5) is 0 Å². The van der Waals surface area contributed by atoms with Crippen molar-refractivity contribution in [3.05, 3.63) is 17.5 Å². The van der Waals surface area contributed by atoms with E-state index in [2.05, 4.69) is 22.7 Å². The summed E-state index contributed by atoms with van der Waals surface area (Å²) in [6.45, 7) is 4.83. The zero-order chi connectivity index (χ0) is 18.8. The third-order valence-corrected chi connectivity index (χ3v) is 6.19. The Labute approximate surface area is 160 Å². The van der Waals surface area contributed by atoms with Crippen LogP contribution in [-0.4, -0.2) is 53.6 Å². The zero-order valence-electron chi connectivity index (χ0n) is 16.1. The Balaban J connectivity index is 1.26. The molecule has 2 aliphatic heterocycles. The summed E-state index contributed by atoms with van der Waals surface area (Å²) in [6.07, 6.45) is 6.67. The molecule has 7 nitrogen and oxygen atoms in total. The van der Waals surface area contributed by atoms with Gasteiger partial charge in [0.25, 0.3) is 5.91 Å². The summed E-state index contributed by atoms with van der Waals surface area (Å²) in [5, 5.41) is 10.3. The van der Waals surface area contributed by atoms with Crippen molar-refractivity contribution in [2.24, 2.45) is 5.92 Å². The van der Waals surface area contributed by atoms with Crippen molar-refractivity contribution in [1.29, 1.82) is 0 Å². The van der Waals surface area contributed by atoms with Crippen LogP contribution in [0, 0.1) is 5.92 Å². The Morgan fingerprint density at radius 1 is 1.26 bits per heavy atom. The maximum atomic E-state index is 12.7. The first-order chi connectivity index (χ1) is 13.1. The van der Waals surface area contributed by atoms with Crippen LogP contribution >= 0.6 is 0 Å². The first kappa shape index (κ1) is 18.5. The quantitative estimate of drug-likeness (QED) is 0.824. The van der Waals surface area contributed by atoms with Crippen LogP contribution in [0.3, 0.4) is 0 Å². The van der Waals surface area contributed by atoms with Gasteiger partial charge in [0.1, 0.15) is 5.76 Å². The Morgan fingerprint density at radius 2 is 2.04 bits per heavy atom. The highest BCUT2D eigenvalue weighted by atomic mass is 16.5. The average molecular weight is 374 g/mol. The molecule has 3 heterocycles. The maximum absolute atomic E-state index is 12.7. The molecule has 1 aliphatic carbocycles. The normalized spacial score (nSPS) is 26.8. The molecule has 0 bridgehead atoms. The summed E-state index contributed by atoms with van der Waals surface area (Å²) in [7, 11) is 0. The van der Waals surface area contributed by atoms with Gasteiger partial charge in [0, 0.05) is 37.0 Å². The second kappa shape index (κ2) is 8.00. The molecule has 0 aromatic carbocycles. The lowest BCUT2D eigenvalue weighted by molar-refractivity contribution is -0.135. The Bertz CT molecular complexity index is 679. The van der Waals surface area contributed by atoms with E-state index in [4.69, 9.17) is 4.52 Å². The van der Waals surface area contributed by atoms with E-state index in [9.17, 15) is 9.59 Å². The molecule has 2 amide bonds. The van der Waals surface area contributed by atoms with E-state index in [1.165, 1.54) is 0 Å². The molecule has 1 aromatic rings. The molecule has 3 aliphatic rings. The molecular weight excluding hydrogens is 344 g/mol. The van der Waals surface area contributed by atoms with Crippen LogP contribution in [0.2, 0.25) is 0 Å². The second-order valence-electron chi connectivity index (χ2n) is 8.42. The van der Waals surface area contributed by atoms with E-state index in [0.717, 1.165) is 57.4 Å². The summed E-state index contributed by atoms with van der Waals surface area (Å²) in [4.78, 5) is 27.1. The molecule has 0 unspecified atom stereocenters. The molecule has 0 radical (unpaired) electrons. The van der Waals surface area contributed by atoms with E-state index in [1.54, 1.807) is 6.07 Å². The zero-order valence-corrected chi connectivity index (χ0v) is 16.1. The lowest BCUT2D eigenvalue weighted by atomic mass is 9.92. The highest BCUT2D eigenvalue weighted by molar-refractivity contribution is 5.92. The van der Waals surface area contributed by atoms with Crippen molar-refractivity contribution < 1.29 is 14.1 Å². The number of carbonyl (C=O) groups is 2. The minimum absolute atomic E-state index is 0.0801. The van der Waals surface area contributed by atoms with Gasteiger partial charge in [-0.3, -0.25) is 9.59 Å². The molecule has 7 heteroatoms. The number of nitrogens with one attached hydrogen (secondary N) is 2. The fourth-order valence-corrected chi connectivity index (χ4v) is 4.34. The van der Waals surface area contributed by atoms with E-state index in [0.29, 0.717) is 30.5 Å². The first-order valence-electron chi connectivity index (χ1n) is 10.4. The van der Waals surface area contributed by atoms with Crippen LogP contribution in [0.1, 0.15) is 74.0 Å². The number of carbonyl (C=O) groups excluding carboxylic acids is 2. The van der Waals surface area contributed by atoms with E-state index >= 15 is 0 Å². The SMILES string of the molecule is C[C@H]1C[C@@H](NC(=O)c2cc(C3CC3)on2)CCN1C(=O)CC1CCNCC1. The molecule has 2 atom stereocenters. The van der Waals surface area contributed by atoms with E-state index in [1.807, 2.05) is 4.90 Å².